The van der Waals surface area contributed by atoms with Gasteiger partial charge in [-0.15, -0.1) is 11.8 Å². The Morgan fingerprint density at radius 2 is 2.14 bits per heavy atom. The van der Waals surface area contributed by atoms with Crippen LogP contribution in [0.1, 0.15) is 27.7 Å². The van der Waals surface area contributed by atoms with Gasteiger partial charge < -0.3 is 5.32 Å². The Labute approximate surface area is 96.2 Å². The Kier molecular flexibility index (Phi) is 7.11. The highest BCUT2D eigenvalue weighted by Gasteiger charge is 2.22. The first kappa shape index (κ1) is 13.8. The van der Waals surface area contributed by atoms with Crippen molar-refractivity contribution in [3.63, 3.8) is 0 Å². The van der Waals surface area contributed by atoms with E-state index in [0.29, 0.717) is 16.6 Å². The van der Waals surface area contributed by atoms with Crippen molar-refractivity contribution in [3.8, 4) is 0 Å². The molecule has 0 amide bonds. The van der Waals surface area contributed by atoms with E-state index >= 15 is 0 Å². The summed E-state index contributed by atoms with van der Waals surface area (Å²) in [5.74, 6) is 0.519. The number of allylic oxidation sites excluding steroid dienone is 1. The van der Waals surface area contributed by atoms with Crippen LogP contribution in [0.25, 0.3) is 0 Å². The summed E-state index contributed by atoms with van der Waals surface area (Å²) < 4.78 is 0. The standard InChI is InChI=1S/C8H13ClN2S.C2H6/c1-5-4-6(2)12-7(5)11-8(9)10-3;1-2/h4-5,7H,1-3H3,(H,10,11);1-2H3. The Morgan fingerprint density at radius 3 is 2.50 bits per heavy atom. The summed E-state index contributed by atoms with van der Waals surface area (Å²) in [6.45, 7) is 8.28. The second-order valence-electron chi connectivity index (χ2n) is 2.83. The fourth-order valence-electron chi connectivity index (χ4n) is 1.15. The highest BCUT2D eigenvalue weighted by molar-refractivity contribution is 8.03. The number of nitrogens with zero attached hydrogens (tertiary/aromatic N) is 1. The zero-order chi connectivity index (χ0) is 11.1. The van der Waals surface area contributed by atoms with Crippen LogP contribution in [0, 0.1) is 5.92 Å². The topological polar surface area (TPSA) is 24.4 Å². The third-order valence-electron chi connectivity index (χ3n) is 1.75. The maximum atomic E-state index is 5.76. The molecule has 0 saturated heterocycles. The van der Waals surface area contributed by atoms with E-state index in [1.165, 1.54) is 4.91 Å². The van der Waals surface area contributed by atoms with Gasteiger partial charge in [0.2, 0.25) is 0 Å². The molecule has 2 atom stereocenters. The molecule has 1 heterocycles. The molecule has 0 radical (unpaired) electrons. The van der Waals surface area contributed by atoms with Crippen LogP contribution in [0.4, 0.5) is 0 Å². The van der Waals surface area contributed by atoms with Crippen molar-refractivity contribution in [3.05, 3.63) is 11.0 Å². The molecule has 0 spiro atoms. The molecule has 2 unspecified atom stereocenters. The number of thioether (sulfide) groups is 1. The summed E-state index contributed by atoms with van der Waals surface area (Å²) in [4.78, 5) is 5.19. The van der Waals surface area contributed by atoms with Gasteiger partial charge in [0, 0.05) is 13.0 Å². The molecule has 0 saturated carbocycles. The molecule has 0 aromatic rings. The van der Waals surface area contributed by atoms with E-state index in [1.54, 1.807) is 18.8 Å². The SMILES string of the molecule is CC.CN=C(Cl)NC1SC(C)=CC1C. The number of halogens is 1. The Hall–Kier alpha value is -0.150. The van der Waals surface area contributed by atoms with Gasteiger partial charge >= 0.3 is 0 Å². The lowest BCUT2D eigenvalue weighted by Crippen LogP contribution is -2.31. The molecular weight excluding hydrogens is 216 g/mol. The van der Waals surface area contributed by atoms with Crippen molar-refractivity contribution in [2.24, 2.45) is 10.9 Å². The molecule has 14 heavy (non-hydrogen) atoms. The van der Waals surface area contributed by atoms with Crippen molar-refractivity contribution in [1.82, 2.24) is 5.32 Å². The molecule has 0 aromatic heterocycles. The largest absolute Gasteiger partial charge is 0.348 e. The number of aliphatic imine (C=N–C) groups is 1. The zero-order valence-corrected chi connectivity index (χ0v) is 11.0. The molecule has 0 aromatic carbocycles. The summed E-state index contributed by atoms with van der Waals surface area (Å²) in [6.07, 6.45) is 2.24. The van der Waals surface area contributed by atoms with Crippen LogP contribution in [0.5, 0.6) is 0 Å². The lowest BCUT2D eigenvalue weighted by atomic mass is 10.2. The highest BCUT2D eigenvalue weighted by Crippen LogP contribution is 2.34. The van der Waals surface area contributed by atoms with Crippen LogP contribution in [-0.2, 0) is 0 Å². The van der Waals surface area contributed by atoms with Crippen molar-refractivity contribution >= 4 is 28.7 Å². The minimum Gasteiger partial charge on any atom is -0.348 e. The molecule has 1 N–H and O–H groups in total. The number of hydrogen-bond donors (Lipinski definition) is 1. The molecule has 0 bridgehead atoms. The Bertz CT molecular complexity index is 226. The summed E-state index contributed by atoms with van der Waals surface area (Å²) >= 11 is 7.56. The minimum atomic E-state index is 0.348. The van der Waals surface area contributed by atoms with Gasteiger partial charge in [-0.1, -0.05) is 26.8 Å². The molecule has 2 nitrogen and oxygen atoms in total. The lowest BCUT2D eigenvalue weighted by Gasteiger charge is -2.15. The van der Waals surface area contributed by atoms with E-state index in [9.17, 15) is 0 Å². The predicted molar refractivity (Wildman–Crippen MR) is 68.0 cm³/mol. The number of rotatable bonds is 1. The molecule has 1 aliphatic rings. The van der Waals surface area contributed by atoms with E-state index in [4.69, 9.17) is 11.6 Å². The van der Waals surface area contributed by atoms with E-state index in [-0.39, 0.29) is 0 Å². The third kappa shape index (κ3) is 4.38. The first-order chi connectivity index (χ1) is 6.63. The number of hydrogen-bond acceptors (Lipinski definition) is 2. The molecule has 1 aliphatic heterocycles. The quantitative estimate of drug-likeness (QED) is 0.427. The zero-order valence-electron chi connectivity index (χ0n) is 9.47. The van der Waals surface area contributed by atoms with Crippen molar-refractivity contribution in [1.29, 1.82) is 0 Å². The van der Waals surface area contributed by atoms with Gasteiger partial charge in [-0.25, -0.2) is 0 Å². The smallest absolute Gasteiger partial charge is 0.191 e. The van der Waals surface area contributed by atoms with E-state index < -0.39 is 0 Å². The van der Waals surface area contributed by atoms with Gasteiger partial charge in [-0.3, -0.25) is 4.99 Å². The lowest BCUT2D eigenvalue weighted by molar-refractivity contribution is 0.655. The van der Waals surface area contributed by atoms with Gasteiger partial charge in [0.1, 0.15) is 0 Å². The van der Waals surface area contributed by atoms with Crippen LogP contribution >= 0.6 is 23.4 Å². The molecule has 1 rings (SSSR count). The highest BCUT2D eigenvalue weighted by atomic mass is 35.5. The predicted octanol–water partition coefficient (Wildman–Crippen LogP) is 3.44. The van der Waals surface area contributed by atoms with Crippen molar-refractivity contribution in [2.45, 2.75) is 33.1 Å². The number of nitrogens with one attached hydrogen (secondary N) is 1. The molecule has 4 heteroatoms. The number of amidine groups is 1. The Balaban J connectivity index is 0.000000791. The molecule has 82 valence electrons. The van der Waals surface area contributed by atoms with Crippen molar-refractivity contribution < 1.29 is 0 Å². The average Bonchev–Trinajstić information content (AvgIpc) is 2.48. The van der Waals surface area contributed by atoms with Crippen LogP contribution in [0.15, 0.2) is 16.0 Å². The van der Waals surface area contributed by atoms with E-state index in [1.807, 2.05) is 13.8 Å². The van der Waals surface area contributed by atoms with Crippen LogP contribution in [0.2, 0.25) is 0 Å². The second kappa shape index (κ2) is 7.18. The maximum absolute atomic E-state index is 5.76. The summed E-state index contributed by atoms with van der Waals surface area (Å²) in [5, 5.41) is 3.97. The van der Waals surface area contributed by atoms with E-state index in [0.717, 1.165) is 0 Å². The van der Waals surface area contributed by atoms with Gasteiger partial charge in [0.15, 0.2) is 5.29 Å². The van der Waals surface area contributed by atoms with E-state index in [2.05, 4.69) is 30.2 Å². The van der Waals surface area contributed by atoms with Crippen LogP contribution in [-0.4, -0.2) is 17.7 Å². The van der Waals surface area contributed by atoms with Crippen LogP contribution in [0.3, 0.4) is 0 Å². The normalized spacial score (nSPS) is 26.4. The van der Waals surface area contributed by atoms with Gasteiger partial charge in [-0.05, 0) is 23.4 Å². The molecule has 0 fully saturated rings. The third-order valence-corrected chi connectivity index (χ3v) is 3.33. The first-order valence-corrected chi connectivity index (χ1v) is 6.13. The molecule has 0 aliphatic carbocycles. The molecular formula is C10H19ClN2S. The fraction of sp³-hybridized carbons (Fsp3) is 0.700. The second-order valence-corrected chi connectivity index (χ2v) is 4.58. The summed E-state index contributed by atoms with van der Waals surface area (Å²) in [6, 6.07) is 0. The van der Waals surface area contributed by atoms with Gasteiger partial charge in [-0.2, -0.15) is 0 Å². The Morgan fingerprint density at radius 1 is 1.57 bits per heavy atom. The van der Waals surface area contributed by atoms with Crippen LogP contribution < -0.4 is 5.32 Å². The van der Waals surface area contributed by atoms with Gasteiger partial charge in [0.05, 0.1) is 5.37 Å². The summed E-state index contributed by atoms with van der Waals surface area (Å²) in [5.41, 5.74) is 0. The average molecular weight is 235 g/mol. The maximum Gasteiger partial charge on any atom is 0.191 e. The fourth-order valence-corrected chi connectivity index (χ4v) is 2.49. The minimum absolute atomic E-state index is 0.348. The monoisotopic (exact) mass is 234 g/mol. The van der Waals surface area contributed by atoms with Crippen molar-refractivity contribution in [2.75, 3.05) is 7.05 Å². The first-order valence-electron chi connectivity index (χ1n) is 4.87. The summed E-state index contributed by atoms with van der Waals surface area (Å²) in [7, 11) is 1.68. The van der Waals surface area contributed by atoms with Gasteiger partial charge in [0.25, 0.3) is 0 Å².